The van der Waals surface area contributed by atoms with Crippen LogP contribution in [0.4, 0.5) is 5.69 Å². The molecule has 1 heterocycles. The highest BCUT2D eigenvalue weighted by molar-refractivity contribution is 6.31. The second-order valence-electron chi connectivity index (χ2n) is 3.21. The fraction of sp³-hybridized carbons (Fsp3) is 0.182. The first-order chi connectivity index (χ1) is 6.22. The zero-order chi connectivity index (χ0) is 9.42. The van der Waals surface area contributed by atoms with E-state index in [9.17, 15) is 4.79 Å². The van der Waals surface area contributed by atoms with Gasteiger partial charge >= 0.3 is 0 Å². The van der Waals surface area contributed by atoms with E-state index in [1.807, 2.05) is 38.1 Å². The highest BCUT2D eigenvalue weighted by Gasteiger charge is 2.22. The first-order valence-corrected chi connectivity index (χ1v) is 4.31. The zero-order valence-corrected chi connectivity index (χ0v) is 7.72. The fourth-order valence-corrected chi connectivity index (χ4v) is 1.59. The Morgan fingerprint density at radius 2 is 2.15 bits per heavy atom. The minimum absolute atomic E-state index is 0.00287. The summed E-state index contributed by atoms with van der Waals surface area (Å²) in [4.78, 5) is 11.4. The van der Waals surface area contributed by atoms with E-state index >= 15 is 0 Å². The van der Waals surface area contributed by atoms with Gasteiger partial charge in [-0.2, -0.15) is 0 Å². The van der Waals surface area contributed by atoms with E-state index in [-0.39, 0.29) is 5.91 Å². The lowest BCUT2D eigenvalue weighted by molar-refractivity contribution is -0.110. The fourth-order valence-electron chi connectivity index (χ4n) is 1.59. The molecule has 2 heteroatoms. The summed E-state index contributed by atoms with van der Waals surface area (Å²) in [6.07, 6.45) is 1.85. The Morgan fingerprint density at radius 3 is 2.85 bits per heavy atom. The maximum atomic E-state index is 11.4. The lowest BCUT2D eigenvalue weighted by Gasteiger charge is -1.98. The average Bonchev–Trinajstić information content (AvgIpc) is 2.40. The van der Waals surface area contributed by atoms with Crippen LogP contribution in [0.15, 0.2) is 24.3 Å². The van der Waals surface area contributed by atoms with Crippen LogP contribution in [0.2, 0.25) is 0 Å². The lowest BCUT2D eigenvalue weighted by Crippen LogP contribution is -2.03. The van der Waals surface area contributed by atoms with Gasteiger partial charge in [0, 0.05) is 16.8 Å². The Balaban J connectivity index is 2.63. The molecule has 0 atom stereocenters. The number of amides is 1. The summed E-state index contributed by atoms with van der Waals surface area (Å²) in [7, 11) is 0. The number of anilines is 1. The average molecular weight is 173 g/mol. The topological polar surface area (TPSA) is 29.1 Å². The number of benzene rings is 1. The minimum atomic E-state index is 0.00287. The van der Waals surface area contributed by atoms with E-state index in [1.54, 1.807) is 0 Å². The van der Waals surface area contributed by atoms with Gasteiger partial charge in [-0.3, -0.25) is 4.79 Å². The van der Waals surface area contributed by atoms with Gasteiger partial charge in [0.15, 0.2) is 0 Å². The molecule has 0 aliphatic carbocycles. The van der Waals surface area contributed by atoms with Crippen LogP contribution in [0.1, 0.15) is 18.1 Å². The molecular formula is C11H11NO. The number of aryl methyl sites for hydroxylation is 1. The normalized spacial score (nSPS) is 17.4. The third-order valence-corrected chi connectivity index (χ3v) is 2.25. The van der Waals surface area contributed by atoms with Gasteiger partial charge in [0.1, 0.15) is 0 Å². The Morgan fingerprint density at radius 1 is 1.38 bits per heavy atom. The van der Waals surface area contributed by atoms with Crippen molar-refractivity contribution in [1.82, 2.24) is 0 Å². The first-order valence-electron chi connectivity index (χ1n) is 4.31. The molecule has 1 amide bonds. The summed E-state index contributed by atoms with van der Waals surface area (Å²) in [5.41, 5.74) is 3.89. The quantitative estimate of drug-likeness (QED) is 0.599. The molecule has 0 fully saturated rings. The van der Waals surface area contributed by atoms with Gasteiger partial charge in [0.25, 0.3) is 5.91 Å². The zero-order valence-electron chi connectivity index (χ0n) is 7.72. The second kappa shape index (κ2) is 2.73. The Kier molecular flexibility index (Phi) is 1.69. The molecular weight excluding hydrogens is 162 g/mol. The highest BCUT2D eigenvalue weighted by Crippen LogP contribution is 2.31. The largest absolute Gasteiger partial charge is 0.321 e. The van der Waals surface area contributed by atoms with E-state index in [4.69, 9.17) is 0 Å². The summed E-state index contributed by atoms with van der Waals surface area (Å²) in [5, 5.41) is 2.82. The molecule has 0 saturated heterocycles. The van der Waals surface area contributed by atoms with Gasteiger partial charge in [0.05, 0.1) is 0 Å². The summed E-state index contributed by atoms with van der Waals surface area (Å²) in [6, 6.07) is 5.97. The second-order valence-corrected chi connectivity index (χ2v) is 3.21. The summed E-state index contributed by atoms with van der Waals surface area (Å²) in [6.45, 7) is 3.91. The Hall–Kier alpha value is -1.57. The first kappa shape index (κ1) is 8.05. The number of hydrogen-bond acceptors (Lipinski definition) is 1. The number of carbonyl (C=O) groups is 1. The minimum Gasteiger partial charge on any atom is -0.321 e. The third-order valence-electron chi connectivity index (χ3n) is 2.25. The molecule has 1 aromatic rings. The van der Waals surface area contributed by atoms with Gasteiger partial charge in [-0.1, -0.05) is 17.7 Å². The van der Waals surface area contributed by atoms with Crippen molar-refractivity contribution in [3.8, 4) is 0 Å². The van der Waals surface area contributed by atoms with Crippen molar-refractivity contribution in [3.63, 3.8) is 0 Å². The summed E-state index contributed by atoms with van der Waals surface area (Å²) >= 11 is 0. The number of nitrogens with one attached hydrogen (secondary N) is 1. The summed E-state index contributed by atoms with van der Waals surface area (Å²) in [5.74, 6) is 0.00287. The molecule has 1 aromatic carbocycles. The molecule has 0 aromatic heterocycles. The van der Waals surface area contributed by atoms with Crippen LogP contribution >= 0.6 is 0 Å². The van der Waals surface area contributed by atoms with Gasteiger partial charge in [-0.15, -0.1) is 0 Å². The number of hydrogen-bond donors (Lipinski definition) is 1. The molecule has 0 radical (unpaired) electrons. The SMILES string of the molecule is C/C=C1/C(=O)Nc2ccc(C)cc21. The lowest BCUT2D eigenvalue weighted by atomic mass is 10.0. The van der Waals surface area contributed by atoms with Crippen molar-refractivity contribution >= 4 is 17.2 Å². The highest BCUT2D eigenvalue weighted by atomic mass is 16.1. The predicted molar refractivity (Wildman–Crippen MR) is 53.5 cm³/mol. The maximum Gasteiger partial charge on any atom is 0.256 e. The maximum absolute atomic E-state index is 11.4. The molecule has 1 aliphatic rings. The van der Waals surface area contributed by atoms with Crippen molar-refractivity contribution < 1.29 is 4.79 Å². The van der Waals surface area contributed by atoms with Crippen molar-refractivity contribution in [2.75, 3.05) is 5.32 Å². The molecule has 0 bridgehead atoms. The van der Waals surface area contributed by atoms with Crippen LogP contribution in [-0.4, -0.2) is 5.91 Å². The van der Waals surface area contributed by atoms with Crippen molar-refractivity contribution in [2.24, 2.45) is 0 Å². The van der Waals surface area contributed by atoms with E-state index in [0.29, 0.717) is 0 Å². The van der Waals surface area contributed by atoms with Gasteiger partial charge < -0.3 is 5.32 Å². The third kappa shape index (κ3) is 1.15. The van der Waals surface area contributed by atoms with E-state index in [2.05, 4.69) is 5.32 Å². The molecule has 2 nitrogen and oxygen atoms in total. The molecule has 1 N–H and O–H groups in total. The van der Waals surface area contributed by atoms with E-state index in [0.717, 1.165) is 16.8 Å². The molecule has 0 spiro atoms. The van der Waals surface area contributed by atoms with E-state index < -0.39 is 0 Å². The van der Waals surface area contributed by atoms with Crippen molar-refractivity contribution in [2.45, 2.75) is 13.8 Å². The van der Waals surface area contributed by atoms with Crippen LogP contribution in [0.3, 0.4) is 0 Å². The molecule has 0 saturated carbocycles. The summed E-state index contributed by atoms with van der Waals surface area (Å²) < 4.78 is 0. The molecule has 66 valence electrons. The van der Waals surface area contributed by atoms with Crippen LogP contribution in [0, 0.1) is 6.92 Å². The van der Waals surface area contributed by atoms with Crippen LogP contribution < -0.4 is 5.32 Å². The number of rotatable bonds is 0. The Labute approximate surface area is 77.3 Å². The number of allylic oxidation sites excluding steroid dienone is 1. The van der Waals surface area contributed by atoms with Gasteiger partial charge in [-0.25, -0.2) is 0 Å². The molecule has 0 unspecified atom stereocenters. The van der Waals surface area contributed by atoms with Gasteiger partial charge in [0.2, 0.25) is 0 Å². The monoisotopic (exact) mass is 173 g/mol. The van der Waals surface area contributed by atoms with Crippen LogP contribution in [-0.2, 0) is 4.79 Å². The number of fused-ring (bicyclic) bond motifs is 1. The van der Waals surface area contributed by atoms with E-state index in [1.165, 1.54) is 5.56 Å². The molecule has 1 aliphatic heterocycles. The molecule has 13 heavy (non-hydrogen) atoms. The van der Waals surface area contributed by atoms with Gasteiger partial charge in [-0.05, 0) is 26.0 Å². The predicted octanol–water partition coefficient (Wildman–Crippen LogP) is 2.35. The van der Waals surface area contributed by atoms with Crippen LogP contribution in [0.25, 0.3) is 5.57 Å². The smallest absolute Gasteiger partial charge is 0.256 e. The standard InChI is InChI=1S/C11H11NO/c1-3-8-9-6-7(2)4-5-10(9)12-11(8)13/h3-6H,1-2H3,(H,12,13)/b8-3+. The van der Waals surface area contributed by atoms with Crippen molar-refractivity contribution in [3.05, 3.63) is 35.4 Å². The van der Waals surface area contributed by atoms with Crippen molar-refractivity contribution in [1.29, 1.82) is 0 Å². The number of carbonyl (C=O) groups excluding carboxylic acids is 1. The Bertz CT molecular complexity index is 405. The molecule has 2 rings (SSSR count). The van der Waals surface area contributed by atoms with Crippen LogP contribution in [0.5, 0.6) is 0 Å².